The Morgan fingerprint density at radius 1 is 1.73 bits per heavy atom. The van der Waals surface area contributed by atoms with Gasteiger partial charge in [-0.15, -0.1) is 11.6 Å². The predicted molar refractivity (Wildman–Crippen MR) is 59.0 cm³/mol. The first kappa shape index (κ1) is 12.0. The maximum atomic E-state index is 11.5. The van der Waals surface area contributed by atoms with Gasteiger partial charge in [-0.05, 0) is 13.3 Å². The lowest BCUT2D eigenvalue weighted by molar-refractivity contribution is -0.116. The zero-order valence-corrected chi connectivity index (χ0v) is 9.67. The lowest BCUT2D eigenvalue weighted by Crippen LogP contribution is -2.23. The monoisotopic (exact) mass is 230 g/mol. The SMILES string of the molecule is CCCCC(Cl)C(=O)Nc1nc(C)co1. The number of nitrogens with one attached hydrogen (secondary N) is 1. The van der Waals surface area contributed by atoms with E-state index in [1.165, 1.54) is 6.26 Å². The highest BCUT2D eigenvalue weighted by Gasteiger charge is 2.16. The Balaban J connectivity index is 2.41. The van der Waals surface area contributed by atoms with Crippen LogP contribution in [0, 0.1) is 6.92 Å². The van der Waals surface area contributed by atoms with Crippen molar-refractivity contribution in [1.29, 1.82) is 0 Å². The first-order valence-corrected chi connectivity index (χ1v) is 5.44. The smallest absolute Gasteiger partial charge is 0.301 e. The maximum absolute atomic E-state index is 11.5. The lowest BCUT2D eigenvalue weighted by Gasteiger charge is -2.06. The molecule has 0 aliphatic carbocycles. The highest BCUT2D eigenvalue weighted by Crippen LogP contribution is 2.12. The van der Waals surface area contributed by atoms with Crippen LogP contribution < -0.4 is 5.32 Å². The van der Waals surface area contributed by atoms with Gasteiger partial charge in [0.05, 0.1) is 5.69 Å². The number of hydrogen-bond donors (Lipinski definition) is 1. The fourth-order valence-electron chi connectivity index (χ4n) is 1.11. The summed E-state index contributed by atoms with van der Waals surface area (Å²) in [6.07, 6.45) is 4.11. The molecular formula is C10H15ClN2O2. The fourth-order valence-corrected chi connectivity index (χ4v) is 1.32. The predicted octanol–water partition coefficient (Wildman–Crippen LogP) is 2.72. The summed E-state index contributed by atoms with van der Waals surface area (Å²) in [6.45, 7) is 3.84. The summed E-state index contributed by atoms with van der Waals surface area (Å²) in [5.41, 5.74) is 0.727. The topological polar surface area (TPSA) is 55.1 Å². The second-order valence-electron chi connectivity index (χ2n) is 3.39. The molecule has 0 fully saturated rings. The number of amides is 1. The molecule has 15 heavy (non-hydrogen) atoms. The van der Waals surface area contributed by atoms with Crippen LogP contribution in [0.25, 0.3) is 0 Å². The van der Waals surface area contributed by atoms with E-state index in [0.717, 1.165) is 18.5 Å². The maximum Gasteiger partial charge on any atom is 0.301 e. The number of carbonyl (C=O) groups excluding carboxylic acids is 1. The molecule has 0 aromatic carbocycles. The first-order valence-electron chi connectivity index (χ1n) is 5.00. The Hall–Kier alpha value is -1.03. The largest absolute Gasteiger partial charge is 0.432 e. The molecule has 1 aromatic rings. The zero-order valence-electron chi connectivity index (χ0n) is 8.92. The first-order chi connectivity index (χ1) is 7.13. The molecule has 0 aliphatic rings. The number of halogens is 1. The summed E-state index contributed by atoms with van der Waals surface area (Å²) < 4.78 is 4.99. The van der Waals surface area contributed by atoms with Gasteiger partial charge in [0.1, 0.15) is 11.6 Å². The van der Waals surface area contributed by atoms with Crippen LogP contribution >= 0.6 is 11.6 Å². The van der Waals surface area contributed by atoms with Crippen LogP contribution in [0.4, 0.5) is 6.01 Å². The Bertz CT molecular complexity index is 325. The van der Waals surface area contributed by atoms with Gasteiger partial charge < -0.3 is 4.42 Å². The van der Waals surface area contributed by atoms with E-state index in [1.807, 2.05) is 0 Å². The van der Waals surface area contributed by atoms with Gasteiger partial charge in [0, 0.05) is 0 Å². The van der Waals surface area contributed by atoms with Crippen LogP contribution in [-0.2, 0) is 4.79 Å². The molecule has 1 rings (SSSR count). The minimum atomic E-state index is -0.517. The van der Waals surface area contributed by atoms with E-state index in [2.05, 4.69) is 17.2 Å². The van der Waals surface area contributed by atoms with E-state index in [4.69, 9.17) is 16.0 Å². The number of nitrogens with zero attached hydrogens (tertiary/aromatic N) is 1. The molecule has 84 valence electrons. The van der Waals surface area contributed by atoms with Crippen molar-refractivity contribution in [3.05, 3.63) is 12.0 Å². The van der Waals surface area contributed by atoms with E-state index in [9.17, 15) is 4.79 Å². The number of anilines is 1. The van der Waals surface area contributed by atoms with Crippen LogP contribution in [0.5, 0.6) is 0 Å². The number of rotatable bonds is 5. The van der Waals surface area contributed by atoms with Gasteiger partial charge in [0.2, 0.25) is 5.91 Å². The van der Waals surface area contributed by atoms with Crippen molar-refractivity contribution in [2.45, 2.75) is 38.5 Å². The lowest BCUT2D eigenvalue weighted by atomic mass is 10.2. The van der Waals surface area contributed by atoms with Crippen molar-refractivity contribution in [2.24, 2.45) is 0 Å². The second kappa shape index (κ2) is 5.75. The molecule has 5 heteroatoms. The van der Waals surface area contributed by atoms with Crippen LogP contribution in [-0.4, -0.2) is 16.3 Å². The van der Waals surface area contributed by atoms with E-state index < -0.39 is 5.38 Å². The van der Waals surface area contributed by atoms with Crippen molar-refractivity contribution in [1.82, 2.24) is 4.98 Å². The number of alkyl halides is 1. The molecule has 0 bridgehead atoms. The third-order valence-corrected chi connectivity index (χ3v) is 2.36. The molecule has 4 nitrogen and oxygen atoms in total. The molecule has 1 amide bonds. The average Bonchev–Trinajstić information content (AvgIpc) is 2.60. The average molecular weight is 231 g/mol. The Morgan fingerprint density at radius 2 is 2.47 bits per heavy atom. The van der Waals surface area contributed by atoms with Crippen LogP contribution in [0.2, 0.25) is 0 Å². The summed E-state index contributed by atoms with van der Waals surface area (Å²) in [6, 6.07) is 0.208. The van der Waals surface area contributed by atoms with Crippen molar-refractivity contribution in [2.75, 3.05) is 5.32 Å². The molecule has 0 saturated heterocycles. The summed E-state index contributed by atoms with van der Waals surface area (Å²) in [4.78, 5) is 15.4. The third-order valence-electron chi connectivity index (χ3n) is 1.94. The minimum Gasteiger partial charge on any atom is -0.432 e. The number of unbranched alkanes of at least 4 members (excludes halogenated alkanes) is 1. The van der Waals surface area contributed by atoms with Gasteiger partial charge in [-0.25, -0.2) is 0 Å². The van der Waals surface area contributed by atoms with E-state index in [0.29, 0.717) is 6.42 Å². The number of aryl methyl sites for hydroxylation is 1. The van der Waals surface area contributed by atoms with E-state index in [1.54, 1.807) is 6.92 Å². The molecule has 0 saturated carbocycles. The number of oxazole rings is 1. The zero-order chi connectivity index (χ0) is 11.3. The molecule has 1 aromatic heterocycles. The molecule has 1 unspecified atom stereocenters. The van der Waals surface area contributed by atoms with E-state index in [-0.39, 0.29) is 11.9 Å². The summed E-state index contributed by atoms with van der Waals surface area (Å²) in [5.74, 6) is -0.257. The molecule has 1 N–H and O–H groups in total. The van der Waals surface area contributed by atoms with Crippen molar-refractivity contribution < 1.29 is 9.21 Å². The Morgan fingerprint density at radius 3 is 3.00 bits per heavy atom. The number of hydrogen-bond acceptors (Lipinski definition) is 3. The fraction of sp³-hybridized carbons (Fsp3) is 0.600. The van der Waals surface area contributed by atoms with Gasteiger partial charge in [-0.1, -0.05) is 19.8 Å². The van der Waals surface area contributed by atoms with Crippen molar-refractivity contribution in [3.8, 4) is 0 Å². The molecule has 0 radical (unpaired) electrons. The Kier molecular flexibility index (Phi) is 4.62. The third kappa shape index (κ3) is 3.91. The van der Waals surface area contributed by atoms with Crippen LogP contribution in [0.3, 0.4) is 0 Å². The number of carbonyl (C=O) groups is 1. The molecule has 0 aliphatic heterocycles. The number of aromatic nitrogens is 1. The minimum absolute atomic E-state index is 0.208. The van der Waals surface area contributed by atoms with E-state index >= 15 is 0 Å². The standard InChI is InChI=1S/C10H15ClN2O2/c1-3-4-5-8(11)9(14)13-10-12-7(2)6-15-10/h6,8H,3-5H2,1-2H3,(H,12,13,14). The van der Waals surface area contributed by atoms with Crippen LogP contribution in [0.15, 0.2) is 10.7 Å². The summed E-state index contributed by atoms with van der Waals surface area (Å²) >= 11 is 5.89. The van der Waals surface area contributed by atoms with Gasteiger partial charge in [-0.3, -0.25) is 10.1 Å². The van der Waals surface area contributed by atoms with Gasteiger partial charge in [0.15, 0.2) is 0 Å². The van der Waals surface area contributed by atoms with Crippen molar-refractivity contribution in [3.63, 3.8) is 0 Å². The highest BCUT2D eigenvalue weighted by atomic mass is 35.5. The van der Waals surface area contributed by atoms with Crippen molar-refractivity contribution >= 4 is 23.5 Å². The molecular weight excluding hydrogens is 216 g/mol. The van der Waals surface area contributed by atoms with Gasteiger partial charge in [-0.2, -0.15) is 4.98 Å². The van der Waals surface area contributed by atoms with Gasteiger partial charge >= 0.3 is 6.01 Å². The second-order valence-corrected chi connectivity index (χ2v) is 3.92. The molecule has 0 spiro atoms. The Labute approximate surface area is 94.0 Å². The normalized spacial score (nSPS) is 12.5. The van der Waals surface area contributed by atoms with Gasteiger partial charge in [0.25, 0.3) is 0 Å². The quantitative estimate of drug-likeness (QED) is 0.792. The summed E-state index contributed by atoms with van der Waals surface area (Å²) in [7, 11) is 0. The highest BCUT2D eigenvalue weighted by molar-refractivity contribution is 6.32. The molecule has 1 heterocycles. The van der Waals surface area contributed by atoms with Crippen LogP contribution in [0.1, 0.15) is 31.9 Å². The molecule has 1 atom stereocenters. The summed E-state index contributed by atoms with van der Waals surface area (Å²) in [5, 5.41) is 2.01.